The Bertz CT molecular complexity index is 575. The van der Waals surface area contributed by atoms with E-state index in [4.69, 9.17) is 14.0 Å². The van der Waals surface area contributed by atoms with E-state index in [-0.39, 0.29) is 11.2 Å². The van der Waals surface area contributed by atoms with E-state index < -0.39 is 7.12 Å². The van der Waals surface area contributed by atoms with Crippen molar-refractivity contribution in [3.63, 3.8) is 0 Å². The molecule has 0 spiro atoms. The maximum atomic E-state index is 6.18. The first-order chi connectivity index (χ1) is 10.7. The highest BCUT2D eigenvalue weighted by atomic mass is 16.7. The Labute approximate surface area is 139 Å². The van der Waals surface area contributed by atoms with Gasteiger partial charge in [0.15, 0.2) is 0 Å². The molecular formula is C17H27BN2O3. The maximum absolute atomic E-state index is 6.18. The molecule has 0 saturated carbocycles. The van der Waals surface area contributed by atoms with Gasteiger partial charge in [-0.2, -0.15) is 0 Å². The normalized spacial score (nSPS) is 26.7. The van der Waals surface area contributed by atoms with Gasteiger partial charge in [-0.15, -0.1) is 0 Å². The molecule has 0 amide bonds. The molecule has 0 unspecified atom stereocenters. The number of methoxy groups -OCH3 is 1. The minimum Gasteiger partial charge on any atom is -0.481 e. The number of rotatable bonds is 3. The number of ether oxygens (including phenoxy) is 1. The standard InChI is InChI=1S/C17H27BN2O3/c1-16(2)17(3,4)23-18(22-16)13-10-12(11-19-15(13)21-6)14-8-7-9-20(14)5/h10-11,14H,7-9H2,1-6H3/t14-/m0/s1. The molecule has 1 aromatic rings. The van der Waals surface area contributed by atoms with Gasteiger partial charge in [-0.05, 0) is 59.7 Å². The van der Waals surface area contributed by atoms with E-state index >= 15 is 0 Å². The highest BCUT2D eigenvalue weighted by Gasteiger charge is 2.52. The fourth-order valence-electron chi connectivity index (χ4n) is 3.31. The summed E-state index contributed by atoms with van der Waals surface area (Å²) in [6.45, 7) is 9.36. The molecule has 0 aliphatic carbocycles. The van der Waals surface area contributed by atoms with Crippen molar-refractivity contribution in [3.8, 4) is 5.88 Å². The monoisotopic (exact) mass is 318 g/mol. The summed E-state index contributed by atoms with van der Waals surface area (Å²) >= 11 is 0. The second-order valence-electron chi connectivity index (χ2n) is 7.59. The third kappa shape index (κ3) is 2.88. The van der Waals surface area contributed by atoms with Crippen molar-refractivity contribution in [2.45, 2.75) is 57.8 Å². The Kier molecular flexibility index (Phi) is 4.19. The average Bonchev–Trinajstić information content (AvgIpc) is 2.99. The van der Waals surface area contributed by atoms with E-state index in [0.717, 1.165) is 18.4 Å². The highest BCUT2D eigenvalue weighted by molar-refractivity contribution is 6.63. The van der Waals surface area contributed by atoms with Gasteiger partial charge < -0.3 is 14.0 Å². The van der Waals surface area contributed by atoms with Crippen LogP contribution in [0.5, 0.6) is 5.88 Å². The molecule has 2 fully saturated rings. The topological polar surface area (TPSA) is 43.8 Å². The molecule has 1 aromatic heterocycles. The Hall–Kier alpha value is -1.11. The lowest BCUT2D eigenvalue weighted by atomic mass is 9.78. The van der Waals surface area contributed by atoms with Crippen LogP contribution in [-0.4, -0.2) is 48.9 Å². The summed E-state index contributed by atoms with van der Waals surface area (Å²) in [5, 5.41) is 0. The van der Waals surface area contributed by atoms with Crippen LogP contribution in [0.25, 0.3) is 0 Å². The van der Waals surface area contributed by atoms with Crippen LogP contribution >= 0.6 is 0 Å². The zero-order valence-corrected chi connectivity index (χ0v) is 15.0. The first-order valence-corrected chi connectivity index (χ1v) is 8.35. The number of aromatic nitrogens is 1. The molecule has 2 aliphatic heterocycles. The largest absolute Gasteiger partial charge is 0.500 e. The van der Waals surface area contributed by atoms with E-state index in [1.165, 1.54) is 12.0 Å². The molecule has 0 aromatic carbocycles. The Morgan fingerprint density at radius 3 is 2.43 bits per heavy atom. The van der Waals surface area contributed by atoms with E-state index in [0.29, 0.717) is 11.9 Å². The highest BCUT2D eigenvalue weighted by Crippen LogP contribution is 2.37. The van der Waals surface area contributed by atoms with Crippen molar-refractivity contribution in [3.05, 3.63) is 17.8 Å². The van der Waals surface area contributed by atoms with Crippen molar-refractivity contribution in [1.82, 2.24) is 9.88 Å². The average molecular weight is 318 g/mol. The van der Waals surface area contributed by atoms with Gasteiger partial charge in [-0.25, -0.2) is 4.98 Å². The molecule has 3 rings (SSSR count). The third-order valence-corrected chi connectivity index (χ3v) is 5.51. The zero-order valence-electron chi connectivity index (χ0n) is 15.0. The van der Waals surface area contributed by atoms with Crippen molar-refractivity contribution in [1.29, 1.82) is 0 Å². The molecule has 23 heavy (non-hydrogen) atoms. The zero-order chi connectivity index (χ0) is 16.8. The van der Waals surface area contributed by atoms with Crippen LogP contribution in [0.4, 0.5) is 0 Å². The molecular weight excluding hydrogens is 291 g/mol. The molecule has 3 heterocycles. The van der Waals surface area contributed by atoms with Gasteiger partial charge in [0.1, 0.15) is 0 Å². The van der Waals surface area contributed by atoms with Crippen LogP contribution in [-0.2, 0) is 9.31 Å². The minimum absolute atomic E-state index is 0.372. The van der Waals surface area contributed by atoms with Gasteiger partial charge in [-0.3, -0.25) is 4.90 Å². The van der Waals surface area contributed by atoms with E-state index in [2.05, 4.69) is 50.7 Å². The molecule has 2 saturated heterocycles. The summed E-state index contributed by atoms with van der Waals surface area (Å²) in [5.74, 6) is 0.577. The van der Waals surface area contributed by atoms with Gasteiger partial charge in [0.2, 0.25) is 5.88 Å². The van der Waals surface area contributed by atoms with E-state index in [1.807, 2.05) is 6.20 Å². The molecule has 0 N–H and O–H groups in total. The molecule has 5 nitrogen and oxygen atoms in total. The van der Waals surface area contributed by atoms with Gasteiger partial charge in [0.05, 0.1) is 18.3 Å². The minimum atomic E-state index is -0.450. The van der Waals surface area contributed by atoms with Crippen molar-refractivity contribution >= 4 is 12.6 Å². The van der Waals surface area contributed by atoms with Crippen molar-refractivity contribution in [2.24, 2.45) is 0 Å². The summed E-state index contributed by atoms with van der Waals surface area (Å²) in [6, 6.07) is 2.55. The second kappa shape index (κ2) is 5.76. The first kappa shape index (κ1) is 16.7. The number of hydrogen-bond acceptors (Lipinski definition) is 5. The van der Waals surface area contributed by atoms with Crippen molar-refractivity contribution in [2.75, 3.05) is 20.7 Å². The van der Waals surface area contributed by atoms with Crippen LogP contribution in [0.15, 0.2) is 12.3 Å². The first-order valence-electron chi connectivity index (χ1n) is 8.35. The summed E-state index contributed by atoms with van der Waals surface area (Å²) in [7, 11) is 3.35. The predicted molar refractivity (Wildman–Crippen MR) is 91.1 cm³/mol. The lowest BCUT2D eigenvalue weighted by Crippen LogP contribution is -2.41. The van der Waals surface area contributed by atoms with Gasteiger partial charge in [0, 0.05) is 17.7 Å². The van der Waals surface area contributed by atoms with E-state index in [9.17, 15) is 0 Å². The van der Waals surface area contributed by atoms with Crippen molar-refractivity contribution < 1.29 is 14.0 Å². The summed E-state index contributed by atoms with van der Waals surface area (Å²) in [6.07, 6.45) is 4.30. The van der Waals surface area contributed by atoms with Gasteiger partial charge in [-0.1, -0.05) is 6.07 Å². The molecule has 0 bridgehead atoms. The molecule has 0 radical (unpaired) electrons. The Balaban J connectivity index is 1.95. The molecule has 6 heteroatoms. The van der Waals surface area contributed by atoms with Crippen LogP contribution in [0.2, 0.25) is 0 Å². The number of likely N-dealkylation sites (tertiary alicyclic amines) is 1. The molecule has 2 aliphatic rings. The number of nitrogens with zero attached hydrogens (tertiary/aromatic N) is 2. The summed E-state index contributed by atoms with van der Waals surface area (Å²) in [5.41, 5.74) is 1.34. The predicted octanol–water partition coefficient (Wildman–Crippen LogP) is 2.16. The van der Waals surface area contributed by atoms with Gasteiger partial charge in [0.25, 0.3) is 0 Å². The van der Waals surface area contributed by atoms with Crippen LogP contribution in [0, 0.1) is 0 Å². The molecule has 126 valence electrons. The van der Waals surface area contributed by atoms with Crippen LogP contribution in [0.3, 0.4) is 0 Å². The van der Waals surface area contributed by atoms with Gasteiger partial charge >= 0.3 is 7.12 Å². The quantitative estimate of drug-likeness (QED) is 0.799. The fraction of sp³-hybridized carbons (Fsp3) is 0.706. The maximum Gasteiger partial charge on any atom is 0.500 e. The van der Waals surface area contributed by atoms with Crippen LogP contribution in [0.1, 0.15) is 52.1 Å². The third-order valence-electron chi connectivity index (χ3n) is 5.51. The number of hydrogen-bond donors (Lipinski definition) is 0. The second-order valence-corrected chi connectivity index (χ2v) is 7.59. The lowest BCUT2D eigenvalue weighted by Gasteiger charge is -2.32. The SMILES string of the molecule is COc1ncc([C@@H]2CCCN2C)cc1B1OC(C)(C)C(C)(C)O1. The summed E-state index contributed by atoms with van der Waals surface area (Å²) < 4.78 is 17.8. The number of pyridine rings is 1. The lowest BCUT2D eigenvalue weighted by molar-refractivity contribution is 0.00578. The van der Waals surface area contributed by atoms with Crippen LogP contribution < -0.4 is 10.2 Å². The van der Waals surface area contributed by atoms with E-state index in [1.54, 1.807) is 7.11 Å². The Morgan fingerprint density at radius 2 is 1.91 bits per heavy atom. The smallest absolute Gasteiger partial charge is 0.481 e. The molecule has 1 atom stereocenters. The summed E-state index contributed by atoms with van der Waals surface area (Å²) in [4.78, 5) is 6.88. The fourth-order valence-corrected chi connectivity index (χ4v) is 3.31. The Morgan fingerprint density at radius 1 is 1.26 bits per heavy atom.